The largest absolute Gasteiger partial charge is 0.362 e. The molecule has 1 rings (SSSR count). The lowest BCUT2D eigenvalue weighted by Gasteiger charge is -2.13. The quantitative estimate of drug-likeness (QED) is 0.609. The SMILES string of the molecule is CCCCC(C)Nc1ncc(C)cc1[N+](=O)[O-]. The van der Waals surface area contributed by atoms with E-state index in [9.17, 15) is 10.1 Å². The molecule has 1 N–H and O–H groups in total. The number of rotatable bonds is 6. The van der Waals surface area contributed by atoms with Crippen LogP contribution in [0.25, 0.3) is 0 Å². The molecule has 0 aliphatic rings. The van der Waals surface area contributed by atoms with Crippen LogP contribution in [0.4, 0.5) is 11.5 Å². The van der Waals surface area contributed by atoms with Gasteiger partial charge in [0.25, 0.3) is 0 Å². The number of pyridine rings is 1. The Morgan fingerprint density at radius 1 is 1.59 bits per heavy atom. The van der Waals surface area contributed by atoms with Crippen LogP contribution in [0.3, 0.4) is 0 Å². The smallest absolute Gasteiger partial charge is 0.311 e. The van der Waals surface area contributed by atoms with Gasteiger partial charge in [-0.15, -0.1) is 0 Å². The minimum atomic E-state index is -0.394. The van der Waals surface area contributed by atoms with Crippen LogP contribution in [0.2, 0.25) is 0 Å². The van der Waals surface area contributed by atoms with Crippen LogP contribution in [-0.2, 0) is 0 Å². The summed E-state index contributed by atoms with van der Waals surface area (Å²) in [5, 5.41) is 14.0. The van der Waals surface area contributed by atoms with Crippen molar-refractivity contribution in [3.8, 4) is 0 Å². The zero-order chi connectivity index (χ0) is 12.8. The van der Waals surface area contributed by atoms with E-state index in [1.54, 1.807) is 19.2 Å². The molecule has 94 valence electrons. The first kappa shape index (κ1) is 13.4. The Hall–Kier alpha value is -1.65. The van der Waals surface area contributed by atoms with Crippen molar-refractivity contribution in [2.24, 2.45) is 0 Å². The third-order valence-corrected chi connectivity index (χ3v) is 2.57. The first-order valence-electron chi connectivity index (χ1n) is 5.92. The van der Waals surface area contributed by atoms with Crippen molar-refractivity contribution >= 4 is 11.5 Å². The normalized spacial score (nSPS) is 12.2. The molecule has 1 heterocycles. The second-order valence-electron chi connectivity index (χ2n) is 4.33. The Morgan fingerprint density at radius 2 is 2.29 bits per heavy atom. The highest BCUT2D eigenvalue weighted by molar-refractivity contribution is 5.56. The second kappa shape index (κ2) is 6.18. The minimum absolute atomic E-state index is 0.0494. The molecular weight excluding hydrogens is 218 g/mol. The molecule has 0 saturated heterocycles. The van der Waals surface area contributed by atoms with E-state index in [1.165, 1.54) is 0 Å². The molecule has 0 amide bonds. The van der Waals surface area contributed by atoms with Gasteiger partial charge in [0.15, 0.2) is 0 Å². The van der Waals surface area contributed by atoms with Crippen molar-refractivity contribution in [2.75, 3.05) is 5.32 Å². The first-order chi connectivity index (χ1) is 8.04. The Bertz CT molecular complexity index is 393. The maximum atomic E-state index is 10.9. The van der Waals surface area contributed by atoms with Gasteiger partial charge in [0.2, 0.25) is 5.82 Å². The summed E-state index contributed by atoms with van der Waals surface area (Å²) < 4.78 is 0. The average Bonchev–Trinajstić information content (AvgIpc) is 2.28. The van der Waals surface area contributed by atoms with Crippen LogP contribution >= 0.6 is 0 Å². The molecule has 5 heteroatoms. The summed E-state index contributed by atoms with van der Waals surface area (Å²) in [5.74, 6) is 0.365. The molecule has 0 aliphatic carbocycles. The maximum Gasteiger partial charge on any atom is 0.311 e. The summed E-state index contributed by atoms with van der Waals surface area (Å²) in [5.41, 5.74) is 0.844. The van der Waals surface area contributed by atoms with Crippen molar-refractivity contribution in [3.63, 3.8) is 0 Å². The van der Waals surface area contributed by atoms with Crippen LogP contribution in [0.15, 0.2) is 12.3 Å². The molecule has 1 unspecified atom stereocenters. The maximum absolute atomic E-state index is 10.9. The van der Waals surface area contributed by atoms with Crippen LogP contribution in [-0.4, -0.2) is 15.9 Å². The highest BCUT2D eigenvalue weighted by Gasteiger charge is 2.16. The van der Waals surface area contributed by atoms with Crippen LogP contribution in [0, 0.1) is 17.0 Å². The topological polar surface area (TPSA) is 68.1 Å². The summed E-state index contributed by atoms with van der Waals surface area (Å²) in [4.78, 5) is 14.6. The standard InChI is InChI=1S/C12H19N3O2/c1-4-5-6-10(3)14-12-11(15(16)17)7-9(2)8-13-12/h7-8,10H,4-6H2,1-3H3,(H,13,14). The Kier molecular flexibility index (Phi) is 4.87. The summed E-state index contributed by atoms with van der Waals surface area (Å²) in [7, 11) is 0. The molecule has 1 aromatic heterocycles. The van der Waals surface area contributed by atoms with Gasteiger partial charge in [0, 0.05) is 18.3 Å². The second-order valence-corrected chi connectivity index (χ2v) is 4.33. The number of unbranched alkanes of at least 4 members (excludes halogenated alkanes) is 1. The van der Waals surface area contributed by atoms with Crippen molar-refractivity contribution in [1.82, 2.24) is 4.98 Å². The fourth-order valence-corrected chi connectivity index (χ4v) is 1.62. The summed E-state index contributed by atoms with van der Waals surface area (Å²) in [6, 6.07) is 1.74. The fourth-order valence-electron chi connectivity index (χ4n) is 1.62. The molecule has 0 fully saturated rings. The highest BCUT2D eigenvalue weighted by atomic mass is 16.6. The number of aryl methyl sites for hydroxylation is 1. The van der Waals surface area contributed by atoms with E-state index < -0.39 is 4.92 Å². The molecule has 0 radical (unpaired) electrons. The molecule has 0 saturated carbocycles. The Morgan fingerprint density at radius 3 is 2.88 bits per heavy atom. The number of aromatic nitrogens is 1. The Labute approximate surface area is 101 Å². The van der Waals surface area contributed by atoms with Crippen LogP contribution in [0.5, 0.6) is 0 Å². The van der Waals surface area contributed by atoms with E-state index in [-0.39, 0.29) is 11.7 Å². The van der Waals surface area contributed by atoms with Gasteiger partial charge in [0.1, 0.15) is 0 Å². The Balaban J connectivity index is 2.79. The molecule has 0 bridgehead atoms. The van der Waals surface area contributed by atoms with E-state index in [1.807, 2.05) is 6.92 Å². The number of hydrogen-bond donors (Lipinski definition) is 1. The number of nitro groups is 1. The van der Waals surface area contributed by atoms with E-state index in [0.29, 0.717) is 5.82 Å². The monoisotopic (exact) mass is 237 g/mol. The first-order valence-corrected chi connectivity index (χ1v) is 5.92. The lowest BCUT2D eigenvalue weighted by molar-refractivity contribution is -0.384. The zero-order valence-electron chi connectivity index (χ0n) is 10.6. The lowest BCUT2D eigenvalue weighted by Crippen LogP contribution is -2.16. The highest BCUT2D eigenvalue weighted by Crippen LogP contribution is 2.23. The molecule has 1 atom stereocenters. The van der Waals surface area contributed by atoms with Crippen molar-refractivity contribution in [3.05, 3.63) is 27.9 Å². The third kappa shape index (κ3) is 4.01. The van der Waals surface area contributed by atoms with Gasteiger partial charge >= 0.3 is 5.69 Å². The van der Waals surface area contributed by atoms with Crippen molar-refractivity contribution < 1.29 is 4.92 Å². The zero-order valence-corrected chi connectivity index (χ0v) is 10.6. The number of nitrogens with one attached hydrogen (secondary N) is 1. The lowest BCUT2D eigenvalue weighted by atomic mass is 10.1. The van der Waals surface area contributed by atoms with E-state index in [4.69, 9.17) is 0 Å². The number of nitrogens with zero attached hydrogens (tertiary/aromatic N) is 2. The number of anilines is 1. The average molecular weight is 237 g/mol. The molecule has 0 spiro atoms. The summed E-state index contributed by atoms with van der Waals surface area (Å²) in [6.07, 6.45) is 4.86. The molecule has 0 aromatic carbocycles. The molecular formula is C12H19N3O2. The van der Waals surface area contributed by atoms with Gasteiger partial charge in [-0.1, -0.05) is 19.8 Å². The van der Waals surface area contributed by atoms with Crippen LogP contribution in [0.1, 0.15) is 38.7 Å². The molecule has 5 nitrogen and oxygen atoms in total. The molecule has 1 aromatic rings. The number of hydrogen-bond acceptors (Lipinski definition) is 4. The predicted molar refractivity (Wildman–Crippen MR) is 68.2 cm³/mol. The fraction of sp³-hybridized carbons (Fsp3) is 0.583. The summed E-state index contributed by atoms with van der Waals surface area (Å²) in [6.45, 7) is 5.94. The van der Waals surface area contributed by atoms with Gasteiger partial charge in [0.05, 0.1) is 4.92 Å². The molecule has 17 heavy (non-hydrogen) atoms. The van der Waals surface area contributed by atoms with E-state index in [2.05, 4.69) is 17.2 Å². The minimum Gasteiger partial charge on any atom is -0.362 e. The van der Waals surface area contributed by atoms with Gasteiger partial charge in [-0.2, -0.15) is 0 Å². The predicted octanol–water partition coefficient (Wildman–Crippen LogP) is 3.29. The molecule has 0 aliphatic heterocycles. The third-order valence-electron chi connectivity index (χ3n) is 2.57. The van der Waals surface area contributed by atoms with Crippen molar-refractivity contribution in [1.29, 1.82) is 0 Å². The van der Waals surface area contributed by atoms with Gasteiger partial charge < -0.3 is 5.32 Å². The van der Waals surface area contributed by atoms with Gasteiger partial charge in [-0.3, -0.25) is 10.1 Å². The van der Waals surface area contributed by atoms with Gasteiger partial charge in [-0.25, -0.2) is 4.98 Å². The summed E-state index contributed by atoms with van der Waals surface area (Å²) >= 11 is 0. The van der Waals surface area contributed by atoms with E-state index >= 15 is 0 Å². The van der Waals surface area contributed by atoms with Crippen molar-refractivity contribution in [2.45, 2.75) is 46.1 Å². The van der Waals surface area contributed by atoms with E-state index in [0.717, 1.165) is 24.8 Å². The van der Waals surface area contributed by atoms with Crippen LogP contribution < -0.4 is 5.32 Å². The van der Waals surface area contributed by atoms with Gasteiger partial charge in [-0.05, 0) is 25.8 Å².